The fourth-order valence-electron chi connectivity index (χ4n) is 2.62. The zero-order chi connectivity index (χ0) is 16.3. The van der Waals surface area contributed by atoms with Crippen molar-refractivity contribution in [1.29, 1.82) is 0 Å². The van der Waals surface area contributed by atoms with E-state index in [0.717, 1.165) is 0 Å². The monoisotopic (exact) mass is 344 g/mol. The van der Waals surface area contributed by atoms with Crippen molar-refractivity contribution in [2.75, 3.05) is 18.4 Å². The van der Waals surface area contributed by atoms with Crippen molar-refractivity contribution < 1.29 is 19.1 Å². The fourth-order valence-corrected chi connectivity index (χ4v) is 2.62. The first-order valence-electron chi connectivity index (χ1n) is 7.42. The summed E-state index contributed by atoms with van der Waals surface area (Å²) in [6.45, 7) is 4.60. The highest BCUT2D eigenvalue weighted by Crippen LogP contribution is 2.20. The number of hydrogen-bond acceptors (Lipinski definition) is 3. The first-order chi connectivity index (χ1) is 10.4. The van der Waals surface area contributed by atoms with Crippen LogP contribution in [0.25, 0.3) is 0 Å². The highest BCUT2D eigenvalue weighted by atomic mass is 35.5. The van der Waals surface area contributed by atoms with Gasteiger partial charge in [0.1, 0.15) is 5.82 Å². The Kier molecular flexibility index (Phi) is 6.97. The molecular weight excluding hydrogens is 323 g/mol. The normalized spacial score (nSPS) is 17.2. The second-order valence-corrected chi connectivity index (χ2v) is 5.78. The summed E-state index contributed by atoms with van der Waals surface area (Å²) >= 11 is 0. The molecule has 2 rings (SSSR count). The topological polar surface area (TPSA) is 69.6 Å². The number of aryl methyl sites for hydroxylation is 1. The molecule has 1 aliphatic heterocycles. The van der Waals surface area contributed by atoms with Gasteiger partial charge in [0.15, 0.2) is 0 Å². The summed E-state index contributed by atoms with van der Waals surface area (Å²) in [5.41, 5.74) is 0.960. The Hall–Kier alpha value is -1.66. The van der Waals surface area contributed by atoms with E-state index in [9.17, 15) is 14.0 Å². The predicted molar refractivity (Wildman–Crippen MR) is 88.4 cm³/mol. The third-order valence-corrected chi connectivity index (χ3v) is 4.25. The zero-order valence-corrected chi connectivity index (χ0v) is 14.0. The quantitative estimate of drug-likeness (QED) is 0.881. The lowest BCUT2D eigenvalue weighted by Crippen LogP contribution is -2.46. The van der Waals surface area contributed by atoms with Gasteiger partial charge in [-0.2, -0.15) is 0 Å². The molecule has 0 radical (unpaired) electrons. The van der Waals surface area contributed by atoms with Gasteiger partial charge in [-0.15, -0.1) is 12.4 Å². The summed E-state index contributed by atoms with van der Waals surface area (Å²) in [7, 11) is 0. The average Bonchev–Trinajstić information content (AvgIpc) is 2.50. The number of carboxylic acids is 1. The number of nitrogens with zero attached hydrogens (tertiary/aromatic N) is 1. The number of nitrogens with one attached hydrogen (secondary N) is 1. The van der Waals surface area contributed by atoms with Crippen molar-refractivity contribution in [3.8, 4) is 0 Å². The highest BCUT2D eigenvalue weighted by molar-refractivity contribution is 5.94. The van der Waals surface area contributed by atoms with Crippen LogP contribution >= 0.6 is 12.4 Å². The number of rotatable bonds is 4. The number of carboxylic acid groups (broad SMARTS) is 1. The lowest BCUT2D eigenvalue weighted by Gasteiger charge is -2.33. The van der Waals surface area contributed by atoms with Crippen LogP contribution in [0, 0.1) is 18.7 Å². The van der Waals surface area contributed by atoms with Gasteiger partial charge >= 0.3 is 5.97 Å². The SMILES string of the molecule is Cc1ccc(NC(=O)C(C)N2CCC(C(=O)O)CC2)cc1F.Cl. The smallest absolute Gasteiger partial charge is 0.306 e. The zero-order valence-electron chi connectivity index (χ0n) is 13.2. The van der Waals surface area contributed by atoms with Crippen LogP contribution in [0.3, 0.4) is 0 Å². The van der Waals surface area contributed by atoms with Gasteiger partial charge in [0, 0.05) is 5.69 Å². The maximum absolute atomic E-state index is 13.5. The molecule has 1 atom stereocenters. The molecule has 1 aromatic carbocycles. The summed E-state index contributed by atoms with van der Waals surface area (Å²) in [6.07, 6.45) is 1.10. The van der Waals surface area contributed by atoms with E-state index in [0.29, 0.717) is 37.2 Å². The lowest BCUT2D eigenvalue weighted by molar-refractivity contribution is -0.143. The predicted octanol–water partition coefficient (Wildman–Crippen LogP) is 2.68. The molecule has 1 unspecified atom stereocenters. The summed E-state index contributed by atoms with van der Waals surface area (Å²) in [5, 5.41) is 11.7. The molecule has 1 saturated heterocycles. The Labute approximate surface area is 141 Å². The van der Waals surface area contributed by atoms with Crippen molar-refractivity contribution in [3.63, 3.8) is 0 Å². The van der Waals surface area contributed by atoms with Crippen molar-refractivity contribution in [1.82, 2.24) is 4.90 Å². The second-order valence-electron chi connectivity index (χ2n) is 5.78. The van der Waals surface area contributed by atoms with E-state index in [1.807, 2.05) is 4.90 Å². The van der Waals surface area contributed by atoms with Gasteiger partial charge in [0.05, 0.1) is 12.0 Å². The van der Waals surface area contributed by atoms with Crippen LogP contribution in [-0.2, 0) is 9.59 Å². The molecule has 5 nitrogen and oxygen atoms in total. The number of carbonyl (C=O) groups is 2. The molecule has 0 bridgehead atoms. The number of halogens is 2. The molecule has 128 valence electrons. The Morgan fingerprint density at radius 3 is 2.48 bits per heavy atom. The molecule has 1 amide bonds. The van der Waals surface area contributed by atoms with E-state index in [-0.39, 0.29) is 36.1 Å². The Morgan fingerprint density at radius 1 is 1.35 bits per heavy atom. The van der Waals surface area contributed by atoms with Gasteiger partial charge in [0.25, 0.3) is 0 Å². The van der Waals surface area contributed by atoms with Crippen molar-refractivity contribution in [2.24, 2.45) is 5.92 Å². The Balaban J connectivity index is 0.00000264. The molecule has 2 N–H and O–H groups in total. The maximum atomic E-state index is 13.5. The maximum Gasteiger partial charge on any atom is 0.306 e. The van der Waals surface area contributed by atoms with Crippen LogP contribution in [0.2, 0.25) is 0 Å². The summed E-state index contributed by atoms with van der Waals surface area (Å²) < 4.78 is 13.5. The van der Waals surface area contributed by atoms with Crippen LogP contribution in [0.4, 0.5) is 10.1 Å². The Bertz CT molecular complexity index is 574. The minimum absolute atomic E-state index is 0. The van der Waals surface area contributed by atoms with Crippen LogP contribution in [0.5, 0.6) is 0 Å². The van der Waals surface area contributed by atoms with E-state index in [1.54, 1.807) is 26.0 Å². The van der Waals surface area contributed by atoms with Gasteiger partial charge in [-0.25, -0.2) is 4.39 Å². The Morgan fingerprint density at radius 2 is 1.96 bits per heavy atom. The molecule has 1 heterocycles. The molecule has 0 aliphatic carbocycles. The lowest BCUT2D eigenvalue weighted by atomic mass is 9.96. The number of amides is 1. The molecule has 1 aliphatic rings. The van der Waals surface area contributed by atoms with Crippen LogP contribution in [0.1, 0.15) is 25.3 Å². The van der Waals surface area contributed by atoms with Gasteiger partial charge in [-0.1, -0.05) is 6.07 Å². The third-order valence-electron chi connectivity index (χ3n) is 4.25. The molecule has 0 spiro atoms. The number of aliphatic carboxylic acids is 1. The van der Waals surface area contributed by atoms with E-state index < -0.39 is 5.97 Å². The highest BCUT2D eigenvalue weighted by Gasteiger charge is 2.29. The first kappa shape index (κ1) is 19.4. The first-order valence-corrected chi connectivity index (χ1v) is 7.42. The van der Waals surface area contributed by atoms with E-state index in [4.69, 9.17) is 5.11 Å². The van der Waals surface area contributed by atoms with Crippen molar-refractivity contribution in [3.05, 3.63) is 29.6 Å². The third kappa shape index (κ3) is 4.91. The van der Waals surface area contributed by atoms with Gasteiger partial charge < -0.3 is 10.4 Å². The summed E-state index contributed by atoms with van der Waals surface area (Å²) in [6, 6.07) is 4.21. The number of piperidine rings is 1. The molecule has 23 heavy (non-hydrogen) atoms. The number of hydrogen-bond donors (Lipinski definition) is 2. The minimum atomic E-state index is -0.771. The number of anilines is 1. The number of carbonyl (C=O) groups excluding carboxylic acids is 1. The molecule has 1 fully saturated rings. The molecular formula is C16H22ClFN2O3. The van der Waals surface area contributed by atoms with E-state index in [1.165, 1.54) is 6.07 Å². The summed E-state index contributed by atoms with van der Waals surface area (Å²) in [5.74, 6) is -1.66. The molecule has 1 aromatic rings. The molecule has 7 heteroatoms. The average molecular weight is 345 g/mol. The number of likely N-dealkylation sites (tertiary alicyclic amines) is 1. The number of benzene rings is 1. The van der Waals surface area contributed by atoms with Crippen molar-refractivity contribution >= 4 is 30.0 Å². The van der Waals surface area contributed by atoms with Crippen molar-refractivity contribution in [2.45, 2.75) is 32.7 Å². The minimum Gasteiger partial charge on any atom is -0.481 e. The van der Waals surface area contributed by atoms with E-state index >= 15 is 0 Å². The second kappa shape index (κ2) is 8.26. The van der Waals surface area contributed by atoms with Crippen LogP contribution in [0.15, 0.2) is 18.2 Å². The largest absolute Gasteiger partial charge is 0.481 e. The molecule has 0 aromatic heterocycles. The van der Waals surface area contributed by atoms with Gasteiger partial charge in [-0.3, -0.25) is 14.5 Å². The molecule has 0 saturated carbocycles. The van der Waals surface area contributed by atoms with Crippen LogP contribution in [-0.4, -0.2) is 41.0 Å². The van der Waals surface area contributed by atoms with Gasteiger partial charge in [-0.05, 0) is 57.5 Å². The summed E-state index contributed by atoms with van der Waals surface area (Å²) in [4.78, 5) is 25.1. The fraction of sp³-hybridized carbons (Fsp3) is 0.500. The van der Waals surface area contributed by atoms with Gasteiger partial charge in [0.2, 0.25) is 5.91 Å². The van der Waals surface area contributed by atoms with E-state index in [2.05, 4.69) is 5.32 Å². The van der Waals surface area contributed by atoms with Crippen LogP contribution < -0.4 is 5.32 Å². The standard InChI is InChI=1S/C16H21FN2O3.ClH/c1-10-3-4-13(9-14(10)17)18-15(20)11(2)19-7-5-12(6-8-19)16(21)22;/h3-4,9,11-12H,5-8H2,1-2H3,(H,18,20)(H,21,22);1H.